The van der Waals surface area contributed by atoms with Crippen molar-refractivity contribution in [3.63, 3.8) is 0 Å². The Balaban J connectivity index is 1.22. The molecule has 0 aromatic heterocycles. The van der Waals surface area contributed by atoms with E-state index in [0.717, 1.165) is 33.9 Å². The lowest BCUT2D eigenvalue weighted by Crippen LogP contribution is -2.39. The van der Waals surface area contributed by atoms with Gasteiger partial charge in [0, 0.05) is 34.2 Å². The number of anilines is 3. The summed E-state index contributed by atoms with van der Waals surface area (Å²) in [6, 6.07) is 48.7. The van der Waals surface area contributed by atoms with Crippen molar-refractivity contribution >= 4 is 34.4 Å². The van der Waals surface area contributed by atoms with Gasteiger partial charge in [0.25, 0.3) is 6.67 Å². The zero-order valence-electron chi connectivity index (χ0n) is 22.8. The molecule has 8 nitrogen and oxygen atoms in total. The van der Waals surface area contributed by atoms with Crippen LogP contribution < -0.4 is 15.0 Å². The van der Waals surface area contributed by atoms with E-state index in [1.165, 1.54) is 0 Å². The summed E-state index contributed by atoms with van der Waals surface area (Å²) >= 11 is 0. The molecule has 0 amide bonds. The first-order valence-corrected chi connectivity index (χ1v) is 13.8. The van der Waals surface area contributed by atoms with E-state index in [4.69, 9.17) is 20.7 Å². The molecule has 0 saturated heterocycles. The minimum atomic E-state index is 0.510. The van der Waals surface area contributed by atoms with Gasteiger partial charge in [-0.05, 0) is 47.8 Å². The molecule has 0 bridgehead atoms. The van der Waals surface area contributed by atoms with Crippen LogP contribution in [0.25, 0.3) is 5.43 Å². The number of amidine groups is 2. The SMILES string of the molecule is c1ccc(N2C[N+](c3ccccc3)=NC(c3ccc(C4=NN(c5ccccc5)CN(c5ccccc5)[N-]4)cc3)=N2)cc1. The van der Waals surface area contributed by atoms with Crippen molar-refractivity contribution < 1.29 is 4.70 Å². The molecule has 2 aliphatic heterocycles. The van der Waals surface area contributed by atoms with Gasteiger partial charge in [0.1, 0.15) is 0 Å². The molecule has 2 aliphatic rings. The first kappa shape index (κ1) is 25.2. The number of hydrazone groups is 2. The Morgan fingerprint density at radius 3 is 1.67 bits per heavy atom. The number of rotatable bonds is 6. The molecule has 42 heavy (non-hydrogen) atoms. The number of benzene rings is 5. The maximum absolute atomic E-state index is 4.92. The number of azo groups is 2. The standard InChI is InChI=1S/C34H28N8/c1-5-13-29(14-6-1)39-25-40(30-15-7-2-8-16-30)36-33(35-39)27-21-23-28(24-22-27)34-37-41(31-17-9-3-10-18-31)26-42(38-34)32-19-11-4-12-20-32/h1-24H,25-26H2. The minimum Gasteiger partial charge on any atom is -0.371 e. The Morgan fingerprint density at radius 1 is 0.524 bits per heavy atom. The molecule has 204 valence electrons. The minimum absolute atomic E-state index is 0.510. The summed E-state index contributed by atoms with van der Waals surface area (Å²) in [5.41, 5.74) is 10.7. The van der Waals surface area contributed by atoms with Crippen molar-refractivity contribution in [1.82, 2.24) is 0 Å². The Labute approximate surface area is 244 Å². The molecule has 0 N–H and O–H groups in total. The number of hydrogen-bond donors (Lipinski definition) is 0. The maximum atomic E-state index is 4.92. The van der Waals surface area contributed by atoms with Gasteiger partial charge in [-0.25, -0.2) is 5.01 Å². The van der Waals surface area contributed by atoms with Crippen LogP contribution in [0.1, 0.15) is 11.1 Å². The van der Waals surface area contributed by atoms with Gasteiger partial charge >= 0.3 is 0 Å². The highest BCUT2D eigenvalue weighted by Gasteiger charge is 2.25. The van der Waals surface area contributed by atoms with Crippen LogP contribution in [-0.2, 0) is 0 Å². The first-order valence-electron chi connectivity index (χ1n) is 13.8. The Kier molecular flexibility index (Phi) is 6.84. The topological polar surface area (TPSA) is 63.9 Å². The molecular formula is C34H28N8. The van der Waals surface area contributed by atoms with Gasteiger partial charge in [-0.1, -0.05) is 102 Å². The largest absolute Gasteiger partial charge is 0.371 e. The summed E-state index contributed by atoms with van der Waals surface area (Å²) in [5, 5.41) is 20.7. The molecule has 0 radical (unpaired) electrons. The summed E-state index contributed by atoms with van der Waals surface area (Å²) in [6.45, 7) is 1.02. The fraction of sp³-hybridized carbons (Fsp3) is 0.0588. The van der Waals surface area contributed by atoms with Gasteiger partial charge in [0.05, 0.1) is 12.4 Å². The van der Waals surface area contributed by atoms with Gasteiger partial charge in [-0.3, -0.25) is 0 Å². The fourth-order valence-corrected chi connectivity index (χ4v) is 4.83. The van der Waals surface area contributed by atoms with E-state index in [0.29, 0.717) is 25.0 Å². The Hall–Kier alpha value is -5.76. The zero-order chi connectivity index (χ0) is 28.1. The molecule has 7 rings (SSSR count). The Bertz CT molecular complexity index is 1740. The van der Waals surface area contributed by atoms with E-state index < -0.39 is 0 Å². The number of hydrogen-bond acceptors (Lipinski definition) is 6. The van der Waals surface area contributed by atoms with Crippen LogP contribution in [0.2, 0.25) is 0 Å². The highest BCUT2D eigenvalue weighted by atomic mass is 15.7. The van der Waals surface area contributed by atoms with E-state index in [-0.39, 0.29) is 0 Å². The van der Waals surface area contributed by atoms with Crippen LogP contribution in [-0.4, -0.2) is 29.7 Å². The van der Waals surface area contributed by atoms with Crippen LogP contribution in [0.3, 0.4) is 0 Å². The molecule has 0 atom stereocenters. The molecule has 5 aromatic carbocycles. The molecular weight excluding hydrogens is 520 g/mol. The van der Waals surface area contributed by atoms with Crippen LogP contribution in [0.5, 0.6) is 0 Å². The number of para-hydroxylation sites is 4. The van der Waals surface area contributed by atoms with E-state index in [1.54, 1.807) is 0 Å². The lowest BCUT2D eigenvalue weighted by atomic mass is 10.1. The van der Waals surface area contributed by atoms with Crippen molar-refractivity contribution in [1.29, 1.82) is 0 Å². The van der Waals surface area contributed by atoms with Crippen LogP contribution in [0.15, 0.2) is 161 Å². The average molecular weight is 549 g/mol. The second-order valence-electron chi connectivity index (χ2n) is 9.85. The fourth-order valence-electron chi connectivity index (χ4n) is 4.83. The predicted molar refractivity (Wildman–Crippen MR) is 168 cm³/mol. The second kappa shape index (κ2) is 11.4. The summed E-state index contributed by atoms with van der Waals surface area (Å²) in [7, 11) is 0. The van der Waals surface area contributed by atoms with Crippen molar-refractivity contribution in [2.24, 2.45) is 15.3 Å². The van der Waals surface area contributed by atoms with Crippen molar-refractivity contribution in [3.05, 3.63) is 162 Å². The molecule has 0 spiro atoms. The molecule has 2 heterocycles. The Morgan fingerprint density at radius 2 is 1.05 bits per heavy atom. The molecule has 0 saturated carbocycles. The van der Waals surface area contributed by atoms with Crippen molar-refractivity contribution in [2.45, 2.75) is 0 Å². The second-order valence-corrected chi connectivity index (χ2v) is 9.85. The molecule has 5 aromatic rings. The summed E-state index contributed by atoms with van der Waals surface area (Å²) in [4.78, 5) is 0. The van der Waals surface area contributed by atoms with Crippen LogP contribution in [0.4, 0.5) is 22.7 Å². The third-order valence-electron chi connectivity index (χ3n) is 7.02. The van der Waals surface area contributed by atoms with Gasteiger partial charge < -0.3 is 20.5 Å². The molecule has 0 fully saturated rings. The lowest BCUT2D eigenvalue weighted by Gasteiger charge is -2.45. The summed E-state index contributed by atoms with van der Waals surface area (Å²) in [6.07, 6.45) is 0. The van der Waals surface area contributed by atoms with E-state index in [9.17, 15) is 0 Å². The summed E-state index contributed by atoms with van der Waals surface area (Å²) in [5.74, 6) is 1.25. The maximum Gasteiger partial charge on any atom is 0.269 e. The van der Waals surface area contributed by atoms with Crippen molar-refractivity contribution in [3.8, 4) is 0 Å². The molecule has 0 unspecified atom stereocenters. The van der Waals surface area contributed by atoms with Gasteiger partial charge in [-0.2, -0.15) is 0 Å². The third-order valence-corrected chi connectivity index (χ3v) is 7.02. The van der Waals surface area contributed by atoms with Gasteiger partial charge in [0.2, 0.25) is 11.5 Å². The lowest BCUT2D eigenvalue weighted by molar-refractivity contribution is -0.508. The predicted octanol–water partition coefficient (Wildman–Crippen LogP) is 7.56. The van der Waals surface area contributed by atoms with Crippen molar-refractivity contribution in [2.75, 3.05) is 28.4 Å². The zero-order valence-corrected chi connectivity index (χ0v) is 22.8. The average Bonchev–Trinajstić information content (AvgIpc) is 3.09. The van der Waals surface area contributed by atoms with E-state index in [2.05, 4.69) is 48.5 Å². The number of nitrogens with zero attached hydrogens (tertiary/aromatic N) is 8. The molecule has 0 aliphatic carbocycles. The molecule has 8 heteroatoms. The van der Waals surface area contributed by atoms with E-state index >= 15 is 0 Å². The normalized spacial score (nSPS) is 15.0. The summed E-state index contributed by atoms with van der Waals surface area (Å²) < 4.78 is 1.97. The first-order chi connectivity index (χ1) is 20.8. The van der Waals surface area contributed by atoms with Crippen LogP contribution >= 0.6 is 0 Å². The monoisotopic (exact) mass is 548 g/mol. The highest BCUT2D eigenvalue weighted by Crippen LogP contribution is 2.28. The van der Waals surface area contributed by atoms with Crippen LogP contribution in [0, 0.1) is 0 Å². The van der Waals surface area contributed by atoms with Gasteiger partial charge in [0.15, 0.2) is 0 Å². The van der Waals surface area contributed by atoms with E-state index in [1.807, 2.05) is 117 Å². The highest BCUT2D eigenvalue weighted by molar-refractivity contribution is 6.11. The van der Waals surface area contributed by atoms with Gasteiger partial charge in [-0.15, -0.1) is 5.10 Å². The quantitative estimate of drug-likeness (QED) is 0.206. The smallest absolute Gasteiger partial charge is 0.269 e. The third kappa shape index (κ3) is 5.33.